The molecule has 24 heavy (non-hydrogen) atoms. The van der Waals surface area contributed by atoms with Gasteiger partial charge in [-0.25, -0.2) is 4.79 Å². The number of benzene rings is 1. The van der Waals surface area contributed by atoms with Gasteiger partial charge in [0, 0.05) is 30.6 Å². The number of hydrogen-bond donors (Lipinski definition) is 1. The van der Waals surface area contributed by atoms with Gasteiger partial charge in [-0.05, 0) is 31.2 Å². The number of nitro groups is 1. The molecular formula is C16H14N4O4. The summed E-state index contributed by atoms with van der Waals surface area (Å²) in [7, 11) is 0. The van der Waals surface area contributed by atoms with Gasteiger partial charge in [0.1, 0.15) is 5.70 Å². The summed E-state index contributed by atoms with van der Waals surface area (Å²) < 4.78 is 1.70. The molecule has 2 heterocycles. The van der Waals surface area contributed by atoms with E-state index in [4.69, 9.17) is 0 Å². The van der Waals surface area contributed by atoms with Crippen LogP contribution < -0.4 is 5.32 Å². The van der Waals surface area contributed by atoms with Crippen molar-refractivity contribution in [2.24, 2.45) is 0 Å². The Labute approximate surface area is 137 Å². The van der Waals surface area contributed by atoms with E-state index in [0.717, 1.165) is 4.90 Å². The smallest absolute Gasteiger partial charge is 0.317 e. The molecule has 1 aromatic carbocycles. The van der Waals surface area contributed by atoms with Gasteiger partial charge in [0.05, 0.1) is 10.6 Å². The van der Waals surface area contributed by atoms with Crippen LogP contribution in [0.2, 0.25) is 0 Å². The highest BCUT2D eigenvalue weighted by Crippen LogP contribution is 2.21. The Kier molecular flexibility index (Phi) is 3.87. The Hall–Kier alpha value is -3.42. The van der Waals surface area contributed by atoms with Gasteiger partial charge in [-0.1, -0.05) is 6.07 Å². The Morgan fingerprint density at radius 1 is 1.25 bits per heavy atom. The number of non-ortho nitro benzene ring substituents is 1. The van der Waals surface area contributed by atoms with E-state index >= 15 is 0 Å². The molecule has 1 saturated heterocycles. The van der Waals surface area contributed by atoms with E-state index in [1.165, 1.54) is 12.1 Å². The van der Waals surface area contributed by atoms with Crippen LogP contribution in [0.5, 0.6) is 0 Å². The molecule has 3 rings (SSSR count). The van der Waals surface area contributed by atoms with Gasteiger partial charge in [-0.3, -0.25) is 19.8 Å². The Morgan fingerprint density at radius 3 is 2.71 bits per heavy atom. The molecule has 3 amide bonds. The first-order valence-corrected chi connectivity index (χ1v) is 7.28. The summed E-state index contributed by atoms with van der Waals surface area (Å²) in [4.78, 5) is 35.4. The zero-order valence-electron chi connectivity index (χ0n) is 12.8. The van der Waals surface area contributed by atoms with Gasteiger partial charge in [0.15, 0.2) is 0 Å². The van der Waals surface area contributed by atoms with Crippen molar-refractivity contribution in [2.45, 2.75) is 6.92 Å². The standard InChI is InChI=1S/C16H14N4O4/c1-2-18-15(21)14(17-16(18)22)10-12-7-4-8-19(12)11-5-3-6-13(9-11)20(23)24/h3-10H,2H2,1H3,(H,17,22)/b14-10+. The first kappa shape index (κ1) is 15.5. The van der Waals surface area contributed by atoms with Crippen molar-refractivity contribution in [3.63, 3.8) is 0 Å². The van der Waals surface area contributed by atoms with Crippen LogP contribution in [0.3, 0.4) is 0 Å². The first-order valence-electron chi connectivity index (χ1n) is 7.28. The van der Waals surface area contributed by atoms with E-state index in [1.54, 1.807) is 48.0 Å². The van der Waals surface area contributed by atoms with Crippen molar-refractivity contribution in [3.8, 4) is 5.69 Å². The predicted molar refractivity (Wildman–Crippen MR) is 86.3 cm³/mol. The van der Waals surface area contributed by atoms with Crippen LogP contribution in [0.15, 0.2) is 48.3 Å². The molecule has 122 valence electrons. The van der Waals surface area contributed by atoms with Crippen LogP contribution >= 0.6 is 0 Å². The Balaban J connectivity index is 1.99. The molecule has 8 nitrogen and oxygen atoms in total. The normalized spacial score (nSPS) is 15.9. The number of carbonyl (C=O) groups excluding carboxylic acids is 2. The molecule has 1 aliphatic heterocycles. The average Bonchev–Trinajstić information content (AvgIpc) is 3.12. The van der Waals surface area contributed by atoms with Gasteiger partial charge < -0.3 is 9.88 Å². The number of likely N-dealkylation sites (N-methyl/N-ethyl adjacent to an activating group) is 1. The molecule has 1 fully saturated rings. The summed E-state index contributed by atoms with van der Waals surface area (Å²) >= 11 is 0. The summed E-state index contributed by atoms with van der Waals surface area (Å²) in [6.45, 7) is 2.00. The lowest BCUT2D eigenvalue weighted by molar-refractivity contribution is -0.384. The minimum absolute atomic E-state index is 0.0257. The number of imide groups is 1. The quantitative estimate of drug-likeness (QED) is 0.403. The third-order valence-electron chi connectivity index (χ3n) is 3.67. The second kappa shape index (κ2) is 5.99. The van der Waals surface area contributed by atoms with Crippen molar-refractivity contribution in [2.75, 3.05) is 6.54 Å². The Morgan fingerprint density at radius 2 is 2.04 bits per heavy atom. The van der Waals surface area contributed by atoms with E-state index in [2.05, 4.69) is 5.32 Å². The summed E-state index contributed by atoms with van der Waals surface area (Å²) in [6, 6.07) is 9.21. The number of urea groups is 1. The molecular weight excluding hydrogens is 312 g/mol. The number of carbonyl (C=O) groups is 2. The molecule has 1 aliphatic rings. The zero-order chi connectivity index (χ0) is 17.3. The lowest BCUT2D eigenvalue weighted by Crippen LogP contribution is -2.30. The minimum Gasteiger partial charge on any atom is -0.317 e. The monoisotopic (exact) mass is 326 g/mol. The van der Waals surface area contributed by atoms with Gasteiger partial charge in [-0.2, -0.15) is 0 Å². The largest absolute Gasteiger partial charge is 0.328 e. The molecule has 0 bridgehead atoms. The molecule has 0 spiro atoms. The van der Waals surface area contributed by atoms with E-state index < -0.39 is 16.9 Å². The molecule has 0 atom stereocenters. The van der Waals surface area contributed by atoms with Crippen molar-refractivity contribution >= 4 is 23.7 Å². The van der Waals surface area contributed by atoms with E-state index in [9.17, 15) is 19.7 Å². The highest BCUT2D eigenvalue weighted by Gasteiger charge is 2.32. The number of hydrogen-bond acceptors (Lipinski definition) is 4. The summed E-state index contributed by atoms with van der Waals surface area (Å²) in [5, 5.41) is 13.4. The molecule has 8 heteroatoms. The van der Waals surface area contributed by atoms with E-state index in [1.807, 2.05) is 0 Å². The molecule has 1 aromatic heterocycles. The maximum absolute atomic E-state index is 12.1. The summed E-state index contributed by atoms with van der Waals surface area (Å²) in [5.41, 5.74) is 1.36. The fourth-order valence-electron chi connectivity index (χ4n) is 2.51. The van der Waals surface area contributed by atoms with Crippen LogP contribution in [-0.2, 0) is 4.79 Å². The topological polar surface area (TPSA) is 97.5 Å². The zero-order valence-corrected chi connectivity index (χ0v) is 12.8. The van der Waals surface area contributed by atoms with Crippen LogP contribution in [0.25, 0.3) is 11.8 Å². The number of nitro benzene ring substituents is 1. The van der Waals surface area contributed by atoms with Gasteiger partial charge in [0.25, 0.3) is 11.6 Å². The maximum atomic E-state index is 12.1. The number of aromatic nitrogens is 1. The molecule has 0 radical (unpaired) electrons. The molecule has 2 aromatic rings. The van der Waals surface area contributed by atoms with Gasteiger partial charge >= 0.3 is 6.03 Å². The van der Waals surface area contributed by atoms with Crippen molar-refractivity contribution in [1.29, 1.82) is 0 Å². The second-order valence-corrected chi connectivity index (χ2v) is 5.12. The maximum Gasteiger partial charge on any atom is 0.328 e. The average molecular weight is 326 g/mol. The van der Waals surface area contributed by atoms with Gasteiger partial charge in [0.2, 0.25) is 0 Å². The van der Waals surface area contributed by atoms with E-state index in [-0.39, 0.29) is 17.9 Å². The lowest BCUT2D eigenvalue weighted by Gasteiger charge is -2.07. The van der Waals surface area contributed by atoms with E-state index in [0.29, 0.717) is 11.4 Å². The third-order valence-corrected chi connectivity index (χ3v) is 3.67. The van der Waals surface area contributed by atoms with Gasteiger partial charge in [-0.15, -0.1) is 0 Å². The lowest BCUT2D eigenvalue weighted by atomic mass is 10.2. The highest BCUT2D eigenvalue weighted by molar-refractivity contribution is 6.13. The predicted octanol–water partition coefficient (Wildman–Crippen LogP) is 2.30. The number of nitrogens with one attached hydrogen (secondary N) is 1. The van der Waals surface area contributed by atoms with Crippen LogP contribution in [0.4, 0.5) is 10.5 Å². The fraction of sp³-hybridized carbons (Fsp3) is 0.125. The van der Waals surface area contributed by atoms with Crippen molar-refractivity contribution < 1.29 is 14.5 Å². The van der Waals surface area contributed by atoms with Crippen molar-refractivity contribution in [3.05, 3.63) is 64.1 Å². The number of rotatable bonds is 4. The van der Waals surface area contributed by atoms with Crippen LogP contribution in [0, 0.1) is 10.1 Å². The highest BCUT2D eigenvalue weighted by atomic mass is 16.6. The Bertz CT molecular complexity index is 868. The fourth-order valence-corrected chi connectivity index (χ4v) is 2.51. The number of nitrogens with zero attached hydrogens (tertiary/aromatic N) is 3. The molecule has 0 aliphatic carbocycles. The third kappa shape index (κ3) is 2.65. The molecule has 0 saturated carbocycles. The van der Waals surface area contributed by atoms with Crippen LogP contribution in [-0.4, -0.2) is 32.9 Å². The SMILES string of the molecule is CCN1C(=O)N/C(=C/c2cccn2-c2cccc([N+](=O)[O-])c2)C1=O. The van der Waals surface area contributed by atoms with Crippen molar-refractivity contribution in [1.82, 2.24) is 14.8 Å². The first-order chi connectivity index (χ1) is 11.5. The summed E-state index contributed by atoms with van der Waals surface area (Å²) in [5.74, 6) is -0.394. The van der Waals surface area contributed by atoms with Crippen LogP contribution in [0.1, 0.15) is 12.6 Å². The summed E-state index contributed by atoms with van der Waals surface area (Å²) in [6.07, 6.45) is 3.28. The molecule has 0 unspecified atom stereocenters. The molecule has 1 N–H and O–H groups in total. The minimum atomic E-state index is -0.467. The second-order valence-electron chi connectivity index (χ2n) is 5.12. The number of amides is 3.